The third kappa shape index (κ3) is 16.5. The van der Waals surface area contributed by atoms with E-state index in [2.05, 4.69) is 52.2 Å². The summed E-state index contributed by atoms with van der Waals surface area (Å²) in [5.41, 5.74) is -0.100. The third-order valence-electron chi connectivity index (χ3n) is 9.66. The molecule has 3 fully saturated rings. The Hall–Kier alpha value is -2.20. The highest BCUT2D eigenvalue weighted by atomic mass is 16.6. The minimum absolute atomic E-state index is 0.0489. The first kappa shape index (κ1) is 40.2. The van der Waals surface area contributed by atoms with Gasteiger partial charge in [0.2, 0.25) is 0 Å². The quantitative estimate of drug-likeness (QED) is 0.139. The van der Waals surface area contributed by atoms with Crippen LogP contribution in [0.25, 0.3) is 0 Å². The van der Waals surface area contributed by atoms with Crippen molar-refractivity contribution in [2.45, 2.75) is 169 Å². The number of nitrogens with one attached hydrogen (secondary N) is 2. The van der Waals surface area contributed by atoms with Crippen molar-refractivity contribution in [3.05, 3.63) is 0 Å². The van der Waals surface area contributed by atoms with Gasteiger partial charge in [-0.3, -0.25) is 19.2 Å². The van der Waals surface area contributed by atoms with Crippen molar-refractivity contribution in [2.75, 3.05) is 26.3 Å². The Morgan fingerprint density at radius 2 is 0.875 bits per heavy atom. The molecule has 3 saturated carbocycles. The average Bonchev–Trinajstić information content (AvgIpc) is 3.03. The van der Waals surface area contributed by atoms with Crippen molar-refractivity contribution < 1.29 is 38.1 Å². The lowest BCUT2D eigenvalue weighted by atomic mass is 9.83. The summed E-state index contributed by atoms with van der Waals surface area (Å²) in [7, 11) is 0. The normalized spacial score (nSPS) is 22.7. The van der Waals surface area contributed by atoms with Crippen molar-refractivity contribution in [3.8, 4) is 0 Å². The molecule has 0 aromatic rings. The molecule has 2 unspecified atom stereocenters. The number of carbonyl (C=O) groups excluding carboxylic acids is 4. The molecule has 0 saturated heterocycles. The fraction of sp³-hybridized carbons (Fsp3) is 0.895. The Bertz CT molecular complexity index is 919. The van der Waals surface area contributed by atoms with E-state index in [1.165, 1.54) is 12.8 Å². The van der Waals surface area contributed by atoms with Crippen molar-refractivity contribution in [3.63, 3.8) is 0 Å². The molecule has 0 aliphatic heterocycles. The SMILES string of the molecule is CC(C)(C)CNC(CC(=O)OCC1CCC(COC(=O)CC(NCC(C)(C)C)C(=O)OC2CCCCC2)CC1)C(=O)OC1CCCCC1. The molecule has 3 rings (SSSR count). The summed E-state index contributed by atoms with van der Waals surface area (Å²) in [5, 5.41) is 6.50. The van der Waals surface area contributed by atoms with Crippen LogP contribution in [0.5, 0.6) is 0 Å². The zero-order valence-electron chi connectivity index (χ0n) is 30.9. The van der Waals surface area contributed by atoms with E-state index in [0.717, 1.165) is 77.0 Å². The summed E-state index contributed by atoms with van der Waals surface area (Å²) in [4.78, 5) is 51.7. The summed E-state index contributed by atoms with van der Waals surface area (Å²) in [6.07, 6.45) is 13.4. The molecular weight excluding hydrogens is 612 g/mol. The molecule has 0 radical (unpaired) electrons. The van der Waals surface area contributed by atoms with Gasteiger partial charge in [-0.25, -0.2) is 0 Å². The van der Waals surface area contributed by atoms with Gasteiger partial charge in [0.25, 0.3) is 0 Å². The molecule has 0 aromatic carbocycles. The minimum Gasteiger partial charge on any atom is -0.465 e. The van der Waals surface area contributed by atoms with Crippen molar-refractivity contribution in [1.82, 2.24) is 10.6 Å². The molecule has 3 aliphatic carbocycles. The van der Waals surface area contributed by atoms with Crippen LogP contribution in [0, 0.1) is 22.7 Å². The highest BCUT2D eigenvalue weighted by Gasteiger charge is 2.31. The maximum atomic E-state index is 13.0. The van der Waals surface area contributed by atoms with Gasteiger partial charge < -0.3 is 29.6 Å². The number of esters is 4. The number of ether oxygens (including phenoxy) is 4. The van der Waals surface area contributed by atoms with E-state index in [0.29, 0.717) is 26.3 Å². The van der Waals surface area contributed by atoms with Crippen LogP contribution in [0.15, 0.2) is 0 Å². The molecule has 0 aromatic heterocycles. The molecule has 0 bridgehead atoms. The fourth-order valence-electron chi connectivity index (χ4n) is 6.63. The standard InChI is InChI=1S/C38H66N2O8/c1-37(2,3)25-39-31(35(43)47-29-13-9-7-10-14-29)21-33(41)45-23-27-17-19-28(20-18-27)24-46-34(42)22-32(40-26-38(4,5)6)36(44)48-30-15-11-8-12-16-30/h27-32,39-40H,7-26H2,1-6H3. The third-order valence-corrected chi connectivity index (χ3v) is 9.66. The molecule has 48 heavy (non-hydrogen) atoms. The van der Waals surface area contributed by atoms with Gasteiger partial charge >= 0.3 is 23.9 Å². The van der Waals surface area contributed by atoms with Gasteiger partial charge in [0.1, 0.15) is 24.3 Å². The topological polar surface area (TPSA) is 129 Å². The number of hydrogen-bond acceptors (Lipinski definition) is 10. The molecule has 2 atom stereocenters. The predicted molar refractivity (Wildman–Crippen MR) is 185 cm³/mol. The number of rotatable bonds is 16. The van der Waals surface area contributed by atoms with Gasteiger partial charge in [0, 0.05) is 13.1 Å². The van der Waals surface area contributed by atoms with E-state index in [1.54, 1.807) is 0 Å². The molecule has 0 amide bonds. The summed E-state index contributed by atoms with van der Waals surface area (Å²) in [5.74, 6) is -1.05. The Morgan fingerprint density at radius 3 is 1.19 bits per heavy atom. The van der Waals surface area contributed by atoms with E-state index >= 15 is 0 Å². The average molecular weight is 679 g/mol. The van der Waals surface area contributed by atoms with Crippen LogP contribution < -0.4 is 10.6 Å². The second-order valence-electron chi connectivity index (χ2n) is 17.0. The van der Waals surface area contributed by atoms with E-state index in [-0.39, 0.29) is 59.7 Å². The molecule has 3 aliphatic rings. The van der Waals surface area contributed by atoms with Crippen LogP contribution in [-0.4, -0.2) is 74.5 Å². The second-order valence-corrected chi connectivity index (χ2v) is 17.0. The molecule has 2 N–H and O–H groups in total. The molecule has 276 valence electrons. The Balaban J connectivity index is 1.38. The van der Waals surface area contributed by atoms with Crippen molar-refractivity contribution >= 4 is 23.9 Å². The van der Waals surface area contributed by atoms with Crippen LogP contribution in [0.4, 0.5) is 0 Å². The van der Waals surface area contributed by atoms with E-state index in [9.17, 15) is 19.2 Å². The summed E-state index contributed by atoms with van der Waals surface area (Å²) < 4.78 is 22.9. The van der Waals surface area contributed by atoms with Gasteiger partial charge in [-0.2, -0.15) is 0 Å². The highest BCUT2D eigenvalue weighted by molar-refractivity contribution is 5.83. The lowest BCUT2D eigenvalue weighted by molar-refractivity contribution is -0.158. The van der Waals surface area contributed by atoms with Gasteiger partial charge in [-0.05, 0) is 99.7 Å². The van der Waals surface area contributed by atoms with Crippen molar-refractivity contribution in [1.29, 1.82) is 0 Å². The first-order chi connectivity index (χ1) is 22.7. The largest absolute Gasteiger partial charge is 0.465 e. The van der Waals surface area contributed by atoms with Crippen LogP contribution in [0.2, 0.25) is 0 Å². The van der Waals surface area contributed by atoms with Gasteiger partial charge in [-0.1, -0.05) is 54.4 Å². The highest BCUT2D eigenvalue weighted by Crippen LogP contribution is 2.30. The monoisotopic (exact) mass is 678 g/mol. The smallest absolute Gasteiger partial charge is 0.324 e. The van der Waals surface area contributed by atoms with Crippen LogP contribution >= 0.6 is 0 Å². The Morgan fingerprint density at radius 1 is 0.542 bits per heavy atom. The van der Waals surface area contributed by atoms with Gasteiger partial charge in [-0.15, -0.1) is 0 Å². The predicted octanol–water partition coefficient (Wildman–Crippen LogP) is 6.42. The number of carbonyl (C=O) groups is 4. The van der Waals surface area contributed by atoms with Crippen LogP contribution in [-0.2, 0) is 38.1 Å². The van der Waals surface area contributed by atoms with E-state index in [4.69, 9.17) is 18.9 Å². The maximum Gasteiger partial charge on any atom is 0.324 e. The maximum absolute atomic E-state index is 13.0. The second kappa shape index (κ2) is 19.9. The Kier molecular flexibility index (Phi) is 16.6. The van der Waals surface area contributed by atoms with Gasteiger partial charge in [0.15, 0.2) is 0 Å². The molecular formula is C38H66N2O8. The zero-order chi connectivity index (χ0) is 35.2. The summed E-state index contributed by atoms with van der Waals surface area (Å²) in [6, 6.07) is -1.44. The first-order valence-electron chi connectivity index (χ1n) is 18.9. The Labute approximate surface area is 289 Å². The summed E-state index contributed by atoms with van der Waals surface area (Å²) in [6.45, 7) is 14.3. The van der Waals surface area contributed by atoms with Gasteiger partial charge in [0.05, 0.1) is 26.1 Å². The van der Waals surface area contributed by atoms with E-state index in [1.807, 2.05) is 0 Å². The van der Waals surface area contributed by atoms with Crippen LogP contribution in [0.1, 0.15) is 144 Å². The lowest BCUT2D eigenvalue weighted by Crippen LogP contribution is -2.45. The molecule has 10 heteroatoms. The first-order valence-corrected chi connectivity index (χ1v) is 18.9. The van der Waals surface area contributed by atoms with Crippen molar-refractivity contribution in [2.24, 2.45) is 22.7 Å². The lowest BCUT2D eigenvalue weighted by Gasteiger charge is -2.29. The molecule has 0 heterocycles. The zero-order valence-corrected chi connectivity index (χ0v) is 30.9. The molecule has 0 spiro atoms. The van der Waals surface area contributed by atoms with E-state index < -0.39 is 24.0 Å². The summed E-state index contributed by atoms with van der Waals surface area (Å²) >= 11 is 0. The van der Waals surface area contributed by atoms with Crippen LogP contribution in [0.3, 0.4) is 0 Å². The minimum atomic E-state index is -0.721. The number of hydrogen-bond donors (Lipinski definition) is 2. The molecule has 10 nitrogen and oxygen atoms in total. The fourth-order valence-corrected chi connectivity index (χ4v) is 6.63.